The number of aliphatic hydroxyl groups excluding tert-OH is 1. The van der Waals surface area contributed by atoms with Crippen LogP contribution in [0.4, 0.5) is 0 Å². The number of ether oxygens (including phenoxy) is 1. The van der Waals surface area contributed by atoms with E-state index in [2.05, 4.69) is 18.8 Å². The standard InChI is InChI=1S/C15H23NO3/c1-9-4-5-11(3)16-15(18)13(9)7-14-10(2)6-12(8-17)19-14/h4-5,9-10,12-14,17H,3,6-8H2,1-2H3,(H,16,18)/t9?,10-,12?,13?,14?/m0/s1. The van der Waals surface area contributed by atoms with Crippen LogP contribution >= 0.6 is 0 Å². The smallest absolute Gasteiger partial charge is 0.228 e. The van der Waals surface area contributed by atoms with Gasteiger partial charge in [-0.2, -0.15) is 0 Å². The Morgan fingerprint density at radius 1 is 1.53 bits per heavy atom. The molecule has 1 amide bonds. The number of carbonyl (C=O) groups excluding carboxylic acids is 1. The molecule has 1 saturated heterocycles. The maximum Gasteiger partial charge on any atom is 0.228 e. The molecular weight excluding hydrogens is 242 g/mol. The van der Waals surface area contributed by atoms with Gasteiger partial charge in [-0.25, -0.2) is 0 Å². The van der Waals surface area contributed by atoms with E-state index in [0.29, 0.717) is 18.0 Å². The molecule has 4 heteroatoms. The van der Waals surface area contributed by atoms with Crippen molar-refractivity contribution in [2.24, 2.45) is 17.8 Å². The molecule has 2 aliphatic rings. The van der Waals surface area contributed by atoms with Crippen molar-refractivity contribution in [3.8, 4) is 0 Å². The van der Waals surface area contributed by atoms with Crippen molar-refractivity contribution in [3.05, 3.63) is 24.4 Å². The van der Waals surface area contributed by atoms with Crippen LogP contribution < -0.4 is 5.32 Å². The Hall–Kier alpha value is -1.13. The molecule has 0 spiro atoms. The molecule has 2 aliphatic heterocycles. The van der Waals surface area contributed by atoms with Gasteiger partial charge in [0.25, 0.3) is 0 Å². The SMILES string of the molecule is C=C1C=CC(C)C(CC2OC(CO)C[C@@H]2C)C(=O)N1. The number of amides is 1. The zero-order valence-corrected chi connectivity index (χ0v) is 11.6. The van der Waals surface area contributed by atoms with E-state index in [-0.39, 0.29) is 36.6 Å². The molecule has 19 heavy (non-hydrogen) atoms. The minimum atomic E-state index is -0.0969. The molecule has 2 heterocycles. The number of allylic oxidation sites excluding steroid dienone is 2. The van der Waals surface area contributed by atoms with Crippen LogP contribution in [0, 0.1) is 17.8 Å². The van der Waals surface area contributed by atoms with E-state index in [1.165, 1.54) is 0 Å². The van der Waals surface area contributed by atoms with Crippen molar-refractivity contribution in [2.75, 3.05) is 6.61 Å². The summed E-state index contributed by atoms with van der Waals surface area (Å²) in [7, 11) is 0. The summed E-state index contributed by atoms with van der Waals surface area (Å²) in [6.45, 7) is 8.01. The zero-order valence-electron chi connectivity index (χ0n) is 11.6. The van der Waals surface area contributed by atoms with Crippen molar-refractivity contribution in [1.82, 2.24) is 5.32 Å². The predicted octanol–water partition coefficient (Wildman–Crippen LogP) is 1.61. The molecular formula is C15H23NO3. The molecule has 0 aromatic carbocycles. The van der Waals surface area contributed by atoms with Crippen LogP contribution in [0.15, 0.2) is 24.4 Å². The molecule has 2 rings (SSSR count). The Morgan fingerprint density at radius 2 is 2.26 bits per heavy atom. The number of hydrogen-bond donors (Lipinski definition) is 2. The third-order valence-electron chi connectivity index (χ3n) is 4.18. The second kappa shape index (κ2) is 5.88. The van der Waals surface area contributed by atoms with Crippen LogP contribution in [0.3, 0.4) is 0 Å². The van der Waals surface area contributed by atoms with E-state index in [0.717, 1.165) is 6.42 Å². The molecule has 0 aromatic rings. The van der Waals surface area contributed by atoms with Gasteiger partial charge in [0.2, 0.25) is 5.91 Å². The highest BCUT2D eigenvalue weighted by atomic mass is 16.5. The van der Waals surface area contributed by atoms with Crippen molar-refractivity contribution in [1.29, 1.82) is 0 Å². The summed E-state index contributed by atoms with van der Waals surface area (Å²) in [6.07, 6.45) is 5.42. The zero-order chi connectivity index (χ0) is 14.0. The maximum atomic E-state index is 12.2. The van der Waals surface area contributed by atoms with Gasteiger partial charge >= 0.3 is 0 Å². The summed E-state index contributed by atoms with van der Waals surface area (Å²) in [5, 5.41) is 12.0. The van der Waals surface area contributed by atoms with Crippen LogP contribution in [0.25, 0.3) is 0 Å². The third-order valence-corrected chi connectivity index (χ3v) is 4.18. The fourth-order valence-electron chi connectivity index (χ4n) is 2.91. The number of carbonyl (C=O) groups is 1. The molecule has 106 valence electrons. The van der Waals surface area contributed by atoms with Gasteiger partial charge in [0.05, 0.1) is 18.8 Å². The first kappa shape index (κ1) is 14.3. The predicted molar refractivity (Wildman–Crippen MR) is 73.2 cm³/mol. The third kappa shape index (κ3) is 3.25. The summed E-state index contributed by atoms with van der Waals surface area (Å²) in [5.74, 6) is 0.474. The molecule has 0 aliphatic carbocycles. The Bertz CT molecular complexity index is 391. The second-order valence-corrected chi connectivity index (χ2v) is 5.77. The van der Waals surface area contributed by atoms with Gasteiger partial charge in [0.15, 0.2) is 0 Å². The van der Waals surface area contributed by atoms with Crippen LogP contribution in [0.1, 0.15) is 26.7 Å². The molecule has 4 nitrogen and oxygen atoms in total. The van der Waals surface area contributed by atoms with Crippen molar-refractivity contribution >= 4 is 5.91 Å². The van der Waals surface area contributed by atoms with Crippen LogP contribution in [-0.2, 0) is 9.53 Å². The highest BCUT2D eigenvalue weighted by molar-refractivity contribution is 5.82. The average Bonchev–Trinajstić information content (AvgIpc) is 2.67. The minimum Gasteiger partial charge on any atom is -0.394 e. The van der Waals surface area contributed by atoms with Crippen LogP contribution in [0.2, 0.25) is 0 Å². The largest absolute Gasteiger partial charge is 0.394 e. The topological polar surface area (TPSA) is 58.6 Å². The summed E-state index contributed by atoms with van der Waals surface area (Å²) < 4.78 is 5.81. The van der Waals surface area contributed by atoms with Gasteiger partial charge in [-0.3, -0.25) is 4.79 Å². The highest BCUT2D eigenvalue weighted by Gasteiger charge is 2.36. The molecule has 0 aromatic heterocycles. The van der Waals surface area contributed by atoms with E-state index in [9.17, 15) is 4.79 Å². The van der Waals surface area contributed by atoms with Gasteiger partial charge in [0.1, 0.15) is 0 Å². The van der Waals surface area contributed by atoms with E-state index >= 15 is 0 Å². The first-order valence-corrected chi connectivity index (χ1v) is 6.95. The Morgan fingerprint density at radius 3 is 2.89 bits per heavy atom. The first-order chi connectivity index (χ1) is 9.01. The first-order valence-electron chi connectivity index (χ1n) is 6.95. The average molecular weight is 265 g/mol. The molecule has 1 fully saturated rings. The van der Waals surface area contributed by atoms with Crippen LogP contribution in [0.5, 0.6) is 0 Å². The fraction of sp³-hybridized carbons (Fsp3) is 0.667. The minimum absolute atomic E-state index is 0.0192. The van der Waals surface area contributed by atoms with E-state index in [1.807, 2.05) is 19.1 Å². The number of rotatable bonds is 3. The number of aliphatic hydroxyl groups is 1. The normalized spacial score (nSPS) is 39.2. The van der Waals surface area contributed by atoms with Gasteiger partial charge < -0.3 is 15.2 Å². The summed E-state index contributed by atoms with van der Waals surface area (Å²) in [5.41, 5.74) is 0.646. The Kier molecular flexibility index (Phi) is 4.42. The number of nitrogens with one attached hydrogen (secondary N) is 1. The summed E-state index contributed by atoms with van der Waals surface area (Å²) in [4.78, 5) is 12.2. The Labute approximate surface area is 114 Å². The molecule has 2 N–H and O–H groups in total. The molecule has 0 radical (unpaired) electrons. The lowest BCUT2D eigenvalue weighted by Gasteiger charge is -2.24. The monoisotopic (exact) mass is 265 g/mol. The van der Waals surface area contributed by atoms with Crippen LogP contribution in [-0.4, -0.2) is 29.8 Å². The van der Waals surface area contributed by atoms with Crippen molar-refractivity contribution in [2.45, 2.75) is 38.9 Å². The van der Waals surface area contributed by atoms with E-state index in [4.69, 9.17) is 9.84 Å². The quantitative estimate of drug-likeness (QED) is 0.815. The van der Waals surface area contributed by atoms with Gasteiger partial charge in [-0.05, 0) is 30.8 Å². The lowest BCUT2D eigenvalue weighted by atomic mass is 9.85. The van der Waals surface area contributed by atoms with Crippen molar-refractivity contribution < 1.29 is 14.6 Å². The van der Waals surface area contributed by atoms with Gasteiger partial charge in [0, 0.05) is 11.6 Å². The van der Waals surface area contributed by atoms with E-state index < -0.39 is 0 Å². The lowest BCUT2D eigenvalue weighted by Crippen LogP contribution is -2.34. The van der Waals surface area contributed by atoms with Crippen molar-refractivity contribution in [3.63, 3.8) is 0 Å². The fourth-order valence-corrected chi connectivity index (χ4v) is 2.91. The maximum absolute atomic E-state index is 12.2. The number of hydrogen-bond acceptors (Lipinski definition) is 3. The van der Waals surface area contributed by atoms with Gasteiger partial charge in [-0.15, -0.1) is 0 Å². The molecule has 0 bridgehead atoms. The highest BCUT2D eigenvalue weighted by Crippen LogP contribution is 2.33. The molecule has 0 saturated carbocycles. The molecule has 4 unspecified atom stereocenters. The Balaban J connectivity index is 2.03. The van der Waals surface area contributed by atoms with Gasteiger partial charge in [-0.1, -0.05) is 26.5 Å². The summed E-state index contributed by atoms with van der Waals surface area (Å²) in [6, 6.07) is 0. The lowest BCUT2D eigenvalue weighted by molar-refractivity contribution is -0.126. The summed E-state index contributed by atoms with van der Waals surface area (Å²) >= 11 is 0. The second-order valence-electron chi connectivity index (χ2n) is 5.77. The van der Waals surface area contributed by atoms with E-state index in [1.54, 1.807) is 0 Å². The molecule has 5 atom stereocenters.